The maximum absolute atomic E-state index is 10.6. The maximum atomic E-state index is 10.6. The molecule has 5 heterocycles. The van der Waals surface area contributed by atoms with Gasteiger partial charge in [-0.1, -0.05) is 60.7 Å². The van der Waals surface area contributed by atoms with E-state index in [0.717, 1.165) is 40.2 Å². The number of H-pyrrole nitrogens is 3. The topological polar surface area (TPSA) is 90.2 Å². The minimum Gasteiger partial charge on any atom is -0.368 e. The van der Waals surface area contributed by atoms with E-state index in [1.807, 2.05) is 104 Å². The van der Waals surface area contributed by atoms with Gasteiger partial charge in [0.2, 0.25) is 0 Å². The lowest BCUT2D eigenvalue weighted by molar-refractivity contribution is 0.112. The molecule has 7 aromatic rings. The Hall–Kier alpha value is -5.75. The van der Waals surface area contributed by atoms with Gasteiger partial charge in [0.15, 0.2) is 0 Å². The molecule has 0 atom stereocenters. The summed E-state index contributed by atoms with van der Waals surface area (Å²) in [5.74, 6) is 0.144. The molecule has 0 amide bonds. The van der Waals surface area contributed by atoms with Gasteiger partial charge in [0.05, 0.1) is 17.3 Å². The van der Waals surface area contributed by atoms with E-state index in [2.05, 4.69) is 61.3 Å². The number of aromatic amines is 3. The number of pyridine rings is 2. The molecule has 0 spiro atoms. The van der Waals surface area contributed by atoms with Crippen LogP contribution < -0.4 is 0 Å². The molecule has 0 fully saturated rings. The number of rotatable bonds is 6. The molecule has 5 aromatic heterocycles. The molecule has 206 valence electrons. The Labute approximate surface area is 245 Å². The van der Waals surface area contributed by atoms with Crippen molar-refractivity contribution in [3.8, 4) is 22.5 Å². The average molecular weight is 550 g/mol. The summed E-state index contributed by atoms with van der Waals surface area (Å²) in [6.45, 7) is 0. The zero-order valence-corrected chi connectivity index (χ0v) is 23.0. The largest absolute Gasteiger partial charge is 0.368 e. The third-order valence-corrected chi connectivity index (χ3v) is 6.54. The van der Waals surface area contributed by atoms with E-state index in [9.17, 15) is 4.79 Å². The third-order valence-electron chi connectivity index (χ3n) is 6.54. The van der Waals surface area contributed by atoms with E-state index >= 15 is 0 Å². The molecule has 0 saturated heterocycles. The predicted octanol–water partition coefficient (Wildman–Crippen LogP) is 8.16. The summed E-state index contributed by atoms with van der Waals surface area (Å²) in [5, 5.41) is 0. The first kappa shape index (κ1) is 27.8. The van der Waals surface area contributed by atoms with Crippen LogP contribution in [0.25, 0.3) is 22.5 Å². The van der Waals surface area contributed by atoms with Crippen LogP contribution in [-0.2, 0) is 0 Å². The first-order valence-corrected chi connectivity index (χ1v) is 13.6. The molecule has 0 unspecified atom stereocenters. The van der Waals surface area contributed by atoms with Crippen LogP contribution in [0.4, 0.5) is 0 Å². The van der Waals surface area contributed by atoms with Gasteiger partial charge in [0.1, 0.15) is 6.29 Å². The fourth-order valence-electron chi connectivity index (χ4n) is 4.53. The van der Waals surface area contributed by atoms with Crippen molar-refractivity contribution >= 4 is 6.29 Å². The highest BCUT2D eigenvalue weighted by molar-refractivity contribution is 5.77. The van der Waals surface area contributed by atoms with Crippen molar-refractivity contribution < 1.29 is 4.79 Å². The van der Waals surface area contributed by atoms with Crippen LogP contribution in [0, 0.1) is 0 Å². The number of nitrogens with zero attached hydrogens (tertiary/aromatic N) is 2. The fourth-order valence-corrected chi connectivity index (χ4v) is 4.53. The molecule has 7 rings (SSSR count). The lowest BCUT2D eigenvalue weighted by Gasteiger charge is -2.16. The van der Waals surface area contributed by atoms with Gasteiger partial charge in [-0.25, -0.2) is 0 Å². The second-order valence-corrected chi connectivity index (χ2v) is 9.37. The summed E-state index contributed by atoms with van der Waals surface area (Å²) >= 11 is 0. The summed E-state index contributed by atoms with van der Waals surface area (Å²) < 4.78 is 0. The summed E-state index contributed by atoms with van der Waals surface area (Å²) in [4.78, 5) is 28.8. The highest BCUT2D eigenvalue weighted by Crippen LogP contribution is 2.31. The van der Waals surface area contributed by atoms with Crippen molar-refractivity contribution in [3.63, 3.8) is 0 Å². The second kappa shape index (κ2) is 14.6. The van der Waals surface area contributed by atoms with Crippen molar-refractivity contribution in [3.05, 3.63) is 181 Å². The molecule has 0 aliphatic rings. The SMILES string of the molecule is O=Cc1ccnc(-c2ccccc2)c1.c1cc[nH]c1.c1ccc(-c2cc(C(c3ccc[nH]3)c3ccc[nH]3)ccn2)cc1. The second-order valence-electron chi connectivity index (χ2n) is 9.37. The molecule has 0 aliphatic carbocycles. The van der Waals surface area contributed by atoms with Crippen molar-refractivity contribution in [2.45, 2.75) is 5.92 Å². The highest BCUT2D eigenvalue weighted by Gasteiger charge is 2.19. The number of nitrogens with one attached hydrogen (secondary N) is 3. The Balaban J connectivity index is 0.000000156. The smallest absolute Gasteiger partial charge is 0.150 e. The lowest BCUT2D eigenvalue weighted by Crippen LogP contribution is -2.05. The number of carbonyl (C=O) groups excluding carboxylic acids is 1. The van der Waals surface area contributed by atoms with E-state index in [-0.39, 0.29) is 5.92 Å². The standard InChI is InChI=1S/C20H17N3.C12H9NO.C4H5N/c1-2-6-15(7-3-1)19-14-16(10-13-23-19)20(17-8-4-11-21-17)18-9-5-12-22-18;14-9-10-6-7-13-12(8-10)11-4-2-1-3-5-11;1-2-4-5-3-1/h1-14,20-22H;1-9H;1-5H. The molecule has 2 aromatic carbocycles. The van der Waals surface area contributed by atoms with Gasteiger partial charge in [-0.3, -0.25) is 14.8 Å². The highest BCUT2D eigenvalue weighted by atomic mass is 16.1. The number of aromatic nitrogens is 5. The van der Waals surface area contributed by atoms with Crippen molar-refractivity contribution in [2.75, 3.05) is 0 Å². The van der Waals surface area contributed by atoms with E-state index in [1.165, 1.54) is 5.56 Å². The number of hydrogen-bond donors (Lipinski definition) is 3. The van der Waals surface area contributed by atoms with Gasteiger partial charge in [-0.05, 0) is 66.2 Å². The molecular weight excluding hydrogens is 518 g/mol. The molecule has 0 bridgehead atoms. The van der Waals surface area contributed by atoms with Crippen LogP contribution >= 0.6 is 0 Å². The van der Waals surface area contributed by atoms with Gasteiger partial charge < -0.3 is 15.0 Å². The van der Waals surface area contributed by atoms with Gasteiger partial charge in [0.25, 0.3) is 0 Å². The minimum atomic E-state index is 0.144. The first-order chi connectivity index (χ1) is 20.8. The first-order valence-electron chi connectivity index (χ1n) is 13.6. The molecule has 0 saturated carbocycles. The zero-order valence-electron chi connectivity index (χ0n) is 23.0. The van der Waals surface area contributed by atoms with E-state index in [4.69, 9.17) is 0 Å². The summed E-state index contributed by atoms with van der Waals surface area (Å²) in [5.41, 5.74) is 8.17. The lowest BCUT2D eigenvalue weighted by atomic mass is 9.92. The summed E-state index contributed by atoms with van der Waals surface area (Å²) in [6, 6.07) is 40.0. The fraction of sp³-hybridized carbons (Fsp3) is 0.0278. The minimum absolute atomic E-state index is 0.144. The van der Waals surface area contributed by atoms with Gasteiger partial charge in [0, 0.05) is 65.3 Å². The Bertz CT molecular complexity index is 1680. The van der Waals surface area contributed by atoms with E-state index < -0.39 is 0 Å². The Morgan fingerprint density at radius 3 is 1.57 bits per heavy atom. The quantitative estimate of drug-likeness (QED) is 0.183. The van der Waals surface area contributed by atoms with E-state index in [1.54, 1.807) is 18.3 Å². The van der Waals surface area contributed by atoms with Crippen LogP contribution in [0.2, 0.25) is 0 Å². The van der Waals surface area contributed by atoms with Gasteiger partial charge in [-0.2, -0.15) is 0 Å². The molecule has 3 N–H and O–H groups in total. The molecular formula is C36H31N5O. The third kappa shape index (κ3) is 7.46. The molecule has 6 nitrogen and oxygen atoms in total. The summed E-state index contributed by atoms with van der Waals surface area (Å²) in [7, 11) is 0. The van der Waals surface area contributed by atoms with Crippen LogP contribution in [0.1, 0.15) is 33.2 Å². The van der Waals surface area contributed by atoms with Crippen LogP contribution in [0.3, 0.4) is 0 Å². The zero-order chi connectivity index (χ0) is 28.8. The van der Waals surface area contributed by atoms with Crippen molar-refractivity contribution in [1.82, 2.24) is 24.9 Å². The van der Waals surface area contributed by atoms with E-state index in [0.29, 0.717) is 5.56 Å². The molecule has 42 heavy (non-hydrogen) atoms. The van der Waals surface area contributed by atoms with Crippen molar-refractivity contribution in [2.24, 2.45) is 0 Å². The number of aldehydes is 1. The summed E-state index contributed by atoms with van der Waals surface area (Å²) in [6.07, 6.45) is 12.0. The Morgan fingerprint density at radius 1 is 0.548 bits per heavy atom. The monoisotopic (exact) mass is 549 g/mol. The Morgan fingerprint density at radius 2 is 1.10 bits per heavy atom. The number of benzene rings is 2. The van der Waals surface area contributed by atoms with Gasteiger partial charge in [-0.15, -0.1) is 0 Å². The number of carbonyl (C=O) groups is 1. The molecule has 6 heteroatoms. The van der Waals surface area contributed by atoms with Crippen LogP contribution in [-0.4, -0.2) is 31.2 Å². The maximum Gasteiger partial charge on any atom is 0.150 e. The number of hydrogen-bond acceptors (Lipinski definition) is 3. The average Bonchev–Trinajstić information content (AvgIpc) is 3.89. The normalized spacial score (nSPS) is 10.2. The predicted molar refractivity (Wildman–Crippen MR) is 168 cm³/mol. The van der Waals surface area contributed by atoms with Crippen LogP contribution in [0.15, 0.2) is 159 Å². The Kier molecular flexibility index (Phi) is 9.65. The van der Waals surface area contributed by atoms with Gasteiger partial charge >= 0.3 is 0 Å². The van der Waals surface area contributed by atoms with Crippen LogP contribution in [0.5, 0.6) is 0 Å². The van der Waals surface area contributed by atoms with Crippen molar-refractivity contribution in [1.29, 1.82) is 0 Å². The molecule has 0 radical (unpaired) electrons. The molecule has 0 aliphatic heterocycles.